The Kier molecular flexibility index (Phi) is 10.2. The highest BCUT2D eigenvalue weighted by Gasteiger charge is 2.31. The van der Waals surface area contributed by atoms with E-state index in [1.807, 2.05) is 30.3 Å². The molecule has 1 aliphatic heterocycles. The molecule has 1 saturated heterocycles. The molecule has 3 aromatic rings. The second kappa shape index (κ2) is 14.0. The van der Waals surface area contributed by atoms with Crippen molar-refractivity contribution in [2.24, 2.45) is 20.7 Å². The number of nitrogens with one attached hydrogen (secondary N) is 1. The van der Waals surface area contributed by atoms with E-state index in [2.05, 4.69) is 55.9 Å². The second-order valence-electron chi connectivity index (χ2n) is 9.47. The van der Waals surface area contributed by atoms with E-state index in [4.69, 9.17) is 5.73 Å². The second-order valence-corrected chi connectivity index (χ2v) is 10.5. The van der Waals surface area contributed by atoms with Crippen LogP contribution in [0.5, 0.6) is 5.75 Å². The third kappa shape index (κ3) is 8.84. The number of nitrogens with zero attached hydrogens (tertiary/aromatic N) is 4. The van der Waals surface area contributed by atoms with Crippen LogP contribution in [0.1, 0.15) is 28.7 Å². The molecule has 3 N–H and O–H groups in total. The Morgan fingerprint density at radius 3 is 2.43 bits per heavy atom. The molecule has 42 heavy (non-hydrogen) atoms. The fourth-order valence-electron chi connectivity index (χ4n) is 4.36. The van der Waals surface area contributed by atoms with Crippen LogP contribution in [0.15, 0.2) is 81.7 Å². The average molecular weight is 597 g/mol. The predicted molar refractivity (Wildman–Crippen MR) is 163 cm³/mol. The summed E-state index contributed by atoms with van der Waals surface area (Å²) in [5.41, 5.74) is 11.6. The standard InChI is InChI=1S/C30H31F3N6O2S/c1-20-5-3-6-21(2)26(20)39-17-18-42-29(39)38-28(40)35-16-4-7-22-8-10-23(11-9-22)27(34)37-19-36-24-12-14-25(15-13-24)41-30(31,32)33/h3,5-6,8-15,19H,4,7,16-18H2,1-2H3,(H,35,40)(H2,34,36,37). The number of aryl methyl sites for hydroxylation is 3. The highest BCUT2D eigenvalue weighted by molar-refractivity contribution is 8.14. The van der Waals surface area contributed by atoms with Gasteiger partial charge in [0.05, 0.1) is 5.69 Å². The number of nitrogens with two attached hydrogens (primary N) is 1. The van der Waals surface area contributed by atoms with Gasteiger partial charge in [0.25, 0.3) is 0 Å². The van der Waals surface area contributed by atoms with Gasteiger partial charge in [-0.05, 0) is 67.6 Å². The van der Waals surface area contributed by atoms with Crippen molar-refractivity contribution in [2.45, 2.75) is 33.1 Å². The largest absolute Gasteiger partial charge is 0.573 e. The summed E-state index contributed by atoms with van der Waals surface area (Å²) in [6, 6.07) is 18.5. The number of hydrogen-bond donors (Lipinski definition) is 2. The van der Waals surface area contributed by atoms with E-state index >= 15 is 0 Å². The number of carbonyl (C=O) groups excluding carboxylic acids is 1. The molecule has 4 rings (SSSR count). The fraction of sp³-hybridized carbons (Fsp3) is 0.267. The number of benzene rings is 3. The van der Waals surface area contributed by atoms with Crippen molar-refractivity contribution in [3.8, 4) is 5.75 Å². The van der Waals surface area contributed by atoms with Gasteiger partial charge in [-0.25, -0.2) is 14.8 Å². The predicted octanol–water partition coefficient (Wildman–Crippen LogP) is 6.52. The Morgan fingerprint density at radius 2 is 1.76 bits per heavy atom. The molecule has 0 unspecified atom stereocenters. The molecule has 2 amide bonds. The van der Waals surface area contributed by atoms with Gasteiger partial charge in [-0.15, -0.1) is 13.2 Å². The summed E-state index contributed by atoms with van der Waals surface area (Å²) in [7, 11) is 0. The Hall–Kier alpha value is -4.32. The van der Waals surface area contributed by atoms with Crippen LogP contribution in [0, 0.1) is 13.8 Å². The lowest BCUT2D eigenvalue weighted by atomic mass is 10.1. The number of amides is 2. The number of halogens is 3. The lowest BCUT2D eigenvalue weighted by Crippen LogP contribution is -2.29. The van der Waals surface area contributed by atoms with Crippen molar-refractivity contribution in [1.82, 2.24) is 5.32 Å². The molecule has 1 aliphatic rings. The van der Waals surface area contributed by atoms with Gasteiger partial charge < -0.3 is 20.7 Å². The van der Waals surface area contributed by atoms with Gasteiger partial charge >= 0.3 is 12.4 Å². The molecule has 0 atom stereocenters. The van der Waals surface area contributed by atoms with E-state index in [1.165, 1.54) is 30.6 Å². The zero-order chi connectivity index (χ0) is 30.1. The molecule has 8 nitrogen and oxygen atoms in total. The van der Waals surface area contributed by atoms with Crippen molar-refractivity contribution < 1.29 is 22.7 Å². The third-order valence-corrected chi connectivity index (χ3v) is 7.28. The van der Waals surface area contributed by atoms with Gasteiger partial charge in [-0.2, -0.15) is 4.99 Å². The van der Waals surface area contributed by atoms with Crippen LogP contribution < -0.4 is 20.7 Å². The lowest BCUT2D eigenvalue weighted by molar-refractivity contribution is -0.274. The summed E-state index contributed by atoms with van der Waals surface area (Å²) in [5.74, 6) is 0.799. The summed E-state index contributed by atoms with van der Waals surface area (Å²) < 4.78 is 40.6. The van der Waals surface area contributed by atoms with Crippen molar-refractivity contribution in [1.29, 1.82) is 0 Å². The lowest BCUT2D eigenvalue weighted by Gasteiger charge is -2.22. The zero-order valence-electron chi connectivity index (χ0n) is 23.2. The minimum absolute atomic E-state index is 0.244. The van der Waals surface area contributed by atoms with Gasteiger partial charge in [-0.1, -0.05) is 54.2 Å². The van der Waals surface area contributed by atoms with Crippen LogP contribution in [-0.2, 0) is 6.42 Å². The van der Waals surface area contributed by atoms with Gasteiger partial charge in [0.1, 0.15) is 17.9 Å². The summed E-state index contributed by atoms with van der Waals surface area (Å²) in [5, 5.41) is 3.60. The summed E-state index contributed by atoms with van der Waals surface area (Å²) in [4.78, 5) is 27.1. The Labute approximate surface area is 246 Å². The van der Waals surface area contributed by atoms with Crippen molar-refractivity contribution in [3.63, 3.8) is 0 Å². The van der Waals surface area contributed by atoms with Crippen molar-refractivity contribution >= 4 is 46.5 Å². The number of amidine groups is 2. The number of ether oxygens (including phenoxy) is 1. The first kappa shape index (κ1) is 30.6. The van der Waals surface area contributed by atoms with Crippen molar-refractivity contribution in [2.75, 3.05) is 23.7 Å². The minimum Gasteiger partial charge on any atom is -0.406 e. The van der Waals surface area contributed by atoms with Gasteiger partial charge in [0, 0.05) is 30.1 Å². The number of thioether (sulfide) groups is 1. The number of anilines is 1. The van der Waals surface area contributed by atoms with Crippen molar-refractivity contribution in [3.05, 3.63) is 89.0 Å². The highest BCUT2D eigenvalue weighted by Crippen LogP contribution is 2.31. The van der Waals surface area contributed by atoms with E-state index in [1.54, 1.807) is 11.8 Å². The third-order valence-electron chi connectivity index (χ3n) is 6.33. The molecular weight excluding hydrogens is 565 g/mol. The number of urea groups is 1. The number of rotatable bonds is 9. The van der Waals surface area contributed by atoms with E-state index < -0.39 is 6.36 Å². The summed E-state index contributed by atoms with van der Waals surface area (Å²) in [6.07, 6.45) is -2.01. The SMILES string of the molecule is Cc1cccc(C)c1N1CCSC1=NC(=O)NCCCc1ccc(C(N)=NC=Nc2ccc(OC(F)(F)F)cc2)cc1. The quantitative estimate of drug-likeness (QED) is 0.166. The average Bonchev–Trinajstić information content (AvgIpc) is 3.38. The molecule has 1 fully saturated rings. The molecule has 0 aliphatic carbocycles. The van der Waals surface area contributed by atoms with E-state index in [0.29, 0.717) is 17.8 Å². The van der Waals surface area contributed by atoms with Crippen LogP contribution in [0.3, 0.4) is 0 Å². The normalized spacial score (nSPS) is 15.0. The van der Waals surface area contributed by atoms with Crippen LogP contribution in [-0.4, -0.2) is 48.6 Å². The molecule has 0 saturated carbocycles. The first-order valence-electron chi connectivity index (χ1n) is 13.2. The molecule has 0 radical (unpaired) electrons. The maximum atomic E-state index is 12.5. The smallest absolute Gasteiger partial charge is 0.406 e. The topological polar surface area (TPSA) is 105 Å². The number of hydrogen-bond acceptors (Lipinski definition) is 4. The summed E-state index contributed by atoms with van der Waals surface area (Å²) >= 11 is 1.58. The van der Waals surface area contributed by atoms with Crippen LogP contribution >= 0.6 is 11.8 Å². The summed E-state index contributed by atoms with van der Waals surface area (Å²) in [6.45, 7) is 5.45. The first-order chi connectivity index (χ1) is 20.1. The van der Waals surface area contributed by atoms with E-state index in [0.717, 1.165) is 52.7 Å². The monoisotopic (exact) mass is 596 g/mol. The number of para-hydroxylation sites is 1. The molecule has 0 aromatic heterocycles. The first-order valence-corrected chi connectivity index (χ1v) is 14.2. The van der Waals surface area contributed by atoms with Crippen LogP contribution in [0.2, 0.25) is 0 Å². The van der Waals surface area contributed by atoms with Crippen LogP contribution in [0.25, 0.3) is 0 Å². The molecule has 0 spiro atoms. The van der Waals surface area contributed by atoms with Gasteiger partial charge in [0.2, 0.25) is 0 Å². The molecule has 220 valence electrons. The number of aliphatic imine (C=N–C) groups is 3. The molecule has 1 heterocycles. The molecule has 3 aromatic carbocycles. The highest BCUT2D eigenvalue weighted by atomic mass is 32.2. The van der Waals surface area contributed by atoms with E-state index in [-0.39, 0.29) is 17.6 Å². The zero-order valence-corrected chi connectivity index (χ0v) is 24.0. The number of carbonyl (C=O) groups is 1. The van der Waals surface area contributed by atoms with Gasteiger partial charge in [0.15, 0.2) is 5.17 Å². The minimum atomic E-state index is -4.75. The van der Waals surface area contributed by atoms with E-state index in [9.17, 15) is 18.0 Å². The Bertz CT molecular complexity index is 1450. The van der Waals surface area contributed by atoms with Gasteiger partial charge in [-0.3, -0.25) is 0 Å². The Morgan fingerprint density at radius 1 is 1.07 bits per heavy atom. The fourth-order valence-corrected chi connectivity index (χ4v) is 5.30. The molecule has 0 bridgehead atoms. The number of alkyl halides is 3. The maximum absolute atomic E-state index is 12.5. The van der Waals surface area contributed by atoms with Crippen LogP contribution in [0.4, 0.5) is 29.3 Å². The molecule has 12 heteroatoms. The maximum Gasteiger partial charge on any atom is 0.573 e. The Balaban J connectivity index is 1.23. The molecular formula is C30H31F3N6O2S.